The van der Waals surface area contributed by atoms with Crippen LogP contribution in [0.2, 0.25) is 5.02 Å². The van der Waals surface area contributed by atoms with Gasteiger partial charge in [-0.1, -0.05) is 17.7 Å². The molecule has 0 aliphatic carbocycles. The zero-order chi connectivity index (χ0) is 22.8. The van der Waals surface area contributed by atoms with E-state index in [0.717, 1.165) is 32.3 Å². The number of aromatic nitrogens is 1. The molecule has 3 aromatic rings. The van der Waals surface area contributed by atoms with Crippen molar-refractivity contribution in [1.29, 1.82) is 0 Å². The topological polar surface area (TPSA) is 71.9 Å². The number of likely N-dealkylation sites (tertiary alicyclic amines) is 1. The van der Waals surface area contributed by atoms with Crippen molar-refractivity contribution < 1.29 is 19.4 Å². The van der Waals surface area contributed by atoms with Gasteiger partial charge in [-0.2, -0.15) is 0 Å². The molecule has 6 nitrogen and oxygen atoms in total. The van der Waals surface area contributed by atoms with E-state index < -0.39 is 5.97 Å². The fourth-order valence-corrected chi connectivity index (χ4v) is 4.83. The summed E-state index contributed by atoms with van der Waals surface area (Å²) >= 11 is 7.97. The number of carboxylic acid groups (broad SMARTS) is 1. The number of ether oxygens (including phenoxy) is 2. The fraction of sp³-hybridized carbons (Fsp3) is 0.333. The molecule has 0 bridgehead atoms. The third-order valence-electron chi connectivity index (χ3n) is 5.29. The lowest BCUT2D eigenvalue weighted by Gasteiger charge is -2.36. The molecule has 1 N–H and O–H groups in total. The number of halogens is 1. The van der Waals surface area contributed by atoms with Crippen molar-refractivity contribution in [2.24, 2.45) is 5.92 Å². The molecule has 1 fully saturated rings. The molecule has 0 atom stereocenters. The standard InChI is InChI=1S/C24H25ClN2O4S/c1-14(2)31-20-7-5-16(9-19(20)25)22-10-26-23(32-22)18-6-4-15(8-21(18)30-3)11-27-12-17(13-27)24(28)29/h4-10,14,17H,11-13H2,1-3H3,(H,28,29). The van der Waals surface area contributed by atoms with Gasteiger partial charge in [0.05, 0.1) is 34.6 Å². The second-order valence-electron chi connectivity index (χ2n) is 8.11. The Morgan fingerprint density at radius 3 is 2.69 bits per heavy atom. The van der Waals surface area contributed by atoms with E-state index in [2.05, 4.69) is 9.88 Å². The van der Waals surface area contributed by atoms with Crippen molar-refractivity contribution in [3.63, 3.8) is 0 Å². The van der Waals surface area contributed by atoms with Crippen LogP contribution in [0.5, 0.6) is 11.5 Å². The molecule has 32 heavy (non-hydrogen) atoms. The van der Waals surface area contributed by atoms with E-state index in [1.807, 2.05) is 56.4 Å². The second kappa shape index (κ2) is 9.48. The lowest BCUT2D eigenvalue weighted by Crippen LogP contribution is -2.49. The highest BCUT2D eigenvalue weighted by Gasteiger charge is 2.32. The fourth-order valence-electron chi connectivity index (χ4n) is 3.66. The average Bonchev–Trinajstić information content (AvgIpc) is 3.21. The van der Waals surface area contributed by atoms with Gasteiger partial charge < -0.3 is 14.6 Å². The summed E-state index contributed by atoms with van der Waals surface area (Å²) in [6.07, 6.45) is 1.90. The number of hydrogen-bond acceptors (Lipinski definition) is 6. The van der Waals surface area contributed by atoms with Crippen LogP contribution in [0.3, 0.4) is 0 Å². The van der Waals surface area contributed by atoms with E-state index in [1.165, 1.54) is 0 Å². The monoisotopic (exact) mass is 472 g/mol. The van der Waals surface area contributed by atoms with Gasteiger partial charge in [0, 0.05) is 25.8 Å². The van der Waals surface area contributed by atoms with Crippen LogP contribution in [0, 0.1) is 5.92 Å². The first-order valence-electron chi connectivity index (χ1n) is 10.4. The number of benzene rings is 2. The first-order chi connectivity index (χ1) is 15.3. The molecule has 1 aliphatic rings. The largest absolute Gasteiger partial charge is 0.496 e. The minimum atomic E-state index is -0.725. The lowest BCUT2D eigenvalue weighted by atomic mass is 9.99. The molecule has 1 aliphatic heterocycles. The van der Waals surface area contributed by atoms with Gasteiger partial charge >= 0.3 is 5.97 Å². The van der Waals surface area contributed by atoms with Gasteiger partial charge in [0.1, 0.15) is 16.5 Å². The Kier molecular flexibility index (Phi) is 6.69. The van der Waals surface area contributed by atoms with Crippen molar-refractivity contribution >= 4 is 28.9 Å². The van der Waals surface area contributed by atoms with Crippen LogP contribution < -0.4 is 9.47 Å². The van der Waals surface area contributed by atoms with Crippen LogP contribution in [0.4, 0.5) is 0 Å². The highest BCUT2D eigenvalue weighted by atomic mass is 35.5. The maximum atomic E-state index is 11.0. The molecule has 2 heterocycles. The first-order valence-corrected chi connectivity index (χ1v) is 11.6. The van der Waals surface area contributed by atoms with Gasteiger partial charge in [0.2, 0.25) is 0 Å². The smallest absolute Gasteiger partial charge is 0.309 e. The molecular weight excluding hydrogens is 448 g/mol. The maximum absolute atomic E-state index is 11.0. The number of aliphatic carboxylic acids is 1. The van der Waals surface area contributed by atoms with Crippen LogP contribution in [0.1, 0.15) is 19.4 Å². The Morgan fingerprint density at radius 2 is 2.03 bits per heavy atom. The number of hydrogen-bond donors (Lipinski definition) is 1. The van der Waals surface area contributed by atoms with E-state index >= 15 is 0 Å². The summed E-state index contributed by atoms with van der Waals surface area (Å²) in [7, 11) is 1.65. The number of nitrogens with zero attached hydrogens (tertiary/aromatic N) is 2. The SMILES string of the molecule is COc1cc(CN2CC(C(=O)O)C2)ccc1-c1ncc(-c2ccc(OC(C)C)c(Cl)c2)s1. The lowest BCUT2D eigenvalue weighted by molar-refractivity contribution is -0.147. The molecule has 8 heteroatoms. The van der Waals surface area contributed by atoms with Crippen LogP contribution in [0.25, 0.3) is 21.0 Å². The minimum Gasteiger partial charge on any atom is -0.496 e. The van der Waals surface area contributed by atoms with Crippen LogP contribution >= 0.6 is 22.9 Å². The Hall–Kier alpha value is -2.61. The molecule has 4 rings (SSSR count). The summed E-state index contributed by atoms with van der Waals surface area (Å²) in [5.74, 6) is 0.434. The van der Waals surface area contributed by atoms with E-state index in [1.54, 1.807) is 18.4 Å². The number of rotatable bonds is 8. The van der Waals surface area contributed by atoms with Crippen molar-refractivity contribution in [2.75, 3.05) is 20.2 Å². The van der Waals surface area contributed by atoms with Crippen molar-refractivity contribution in [1.82, 2.24) is 9.88 Å². The first kappa shape index (κ1) is 22.6. The van der Waals surface area contributed by atoms with Crippen molar-refractivity contribution in [3.8, 4) is 32.5 Å². The van der Waals surface area contributed by atoms with Gasteiger partial charge in [-0.15, -0.1) is 11.3 Å². The third-order valence-corrected chi connectivity index (χ3v) is 6.67. The second-order valence-corrected chi connectivity index (χ2v) is 9.54. The average molecular weight is 473 g/mol. The summed E-state index contributed by atoms with van der Waals surface area (Å²) in [6, 6.07) is 11.8. The van der Waals surface area contributed by atoms with Gasteiger partial charge in [-0.3, -0.25) is 9.69 Å². The van der Waals surface area contributed by atoms with E-state index in [9.17, 15) is 4.79 Å². The van der Waals surface area contributed by atoms with Gasteiger partial charge in [0.25, 0.3) is 0 Å². The van der Waals surface area contributed by atoms with E-state index in [-0.39, 0.29) is 12.0 Å². The number of carboxylic acids is 1. The van der Waals surface area contributed by atoms with Crippen LogP contribution in [0.15, 0.2) is 42.6 Å². The third kappa shape index (κ3) is 4.90. The Labute approximate surface area is 196 Å². The Morgan fingerprint density at radius 1 is 1.25 bits per heavy atom. The predicted octanol–water partition coefficient (Wildman–Crippen LogP) is 5.44. The summed E-state index contributed by atoms with van der Waals surface area (Å²) in [5, 5.41) is 10.5. The highest BCUT2D eigenvalue weighted by Crippen LogP contribution is 2.39. The molecule has 1 saturated heterocycles. The van der Waals surface area contributed by atoms with Crippen molar-refractivity contribution in [3.05, 3.63) is 53.2 Å². The summed E-state index contributed by atoms with van der Waals surface area (Å²) in [4.78, 5) is 18.7. The molecule has 1 aromatic heterocycles. The van der Waals surface area contributed by atoms with Gasteiger partial charge in [0.15, 0.2) is 0 Å². The number of methoxy groups -OCH3 is 1. The Bertz CT molecular complexity index is 1120. The van der Waals surface area contributed by atoms with Crippen molar-refractivity contribution in [2.45, 2.75) is 26.5 Å². The summed E-state index contributed by atoms with van der Waals surface area (Å²) in [5.41, 5.74) is 2.99. The molecule has 2 aromatic carbocycles. The number of carbonyl (C=O) groups is 1. The van der Waals surface area contributed by atoms with E-state index in [4.69, 9.17) is 26.2 Å². The minimum absolute atomic E-state index is 0.0588. The summed E-state index contributed by atoms with van der Waals surface area (Å²) < 4.78 is 11.4. The predicted molar refractivity (Wildman–Crippen MR) is 127 cm³/mol. The van der Waals surface area contributed by atoms with Crippen LogP contribution in [-0.2, 0) is 11.3 Å². The van der Waals surface area contributed by atoms with Gasteiger partial charge in [-0.25, -0.2) is 4.98 Å². The molecular formula is C24H25ClN2O4S. The van der Waals surface area contributed by atoms with Crippen LogP contribution in [-0.4, -0.2) is 47.3 Å². The highest BCUT2D eigenvalue weighted by molar-refractivity contribution is 7.18. The Balaban J connectivity index is 1.51. The molecule has 0 unspecified atom stereocenters. The normalized spacial score (nSPS) is 14.4. The van der Waals surface area contributed by atoms with Gasteiger partial charge in [-0.05, 0) is 55.3 Å². The summed E-state index contributed by atoms with van der Waals surface area (Å²) in [6.45, 7) is 5.80. The molecule has 0 spiro atoms. The molecule has 0 amide bonds. The number of thiazole rings is 1. The van der Waals surface area contributed by atoms with E-state index in [0.29, 0.717) is 30.4 Å². The maximum Gasteiger partial charge on any atom is 0.309 e. The zero-order valence-corrected chi connectivity index (χ0v) is 19.7. The quantitative estimate of drug-likeness (QED) is 0.470. The molecule has 0 radical (unpaired) electrons. The molecule has 168 valence electrons. The zero-order valence-electron chi connectivity index (χ0n) is 18.2. The molecule has 0 saturated carbocycles.